The van der Waals surface area contributed by atoms with Gasteiger partial charge in [-0.2, -0.15) is 18.2 Å². The molecule has 1 aromatic carbocycles. The summed E-state index contributed by atoms with van der Waals surface area (Å²) < 4.78 is 41.9. The third-order valence-corrected chi connectivity index (χ3v) is 5.54. The molecule has 4 rings (SSSR count). The lowest BCUT2D eigenvalue weighted by atomic mass is 9.77. The van der Waals surface area contributed by atoms with E-state index in [1.807, 2.05) is 6.92 Å². The predicted octanol–water partition coefficient (Wildman–Crippen LogP) is 3.22. The molecule has 0 spiro atoms. The van der Waals surface area contributed by atoms with Gasteiger partial charge in [0.25, 0.3) is 5.91 Å². The Morgan fingerprint density at radius 2 is 1.89 bits per heavy atom. The molecule has 2 aliphatic rings. The second kappa shape index (κ2) is 7.20. The molecule has 6 nitrogen and oxygen atoms in total. The molecule has 3 atom stereocenters. The lowest BCUT2D eigenvalue weighted by Gasteiger charge is -2.28. The molecule has 1 aliphatic carbocycles. The van der Waals surface area contributed by atoms with Crippen LogP contribution in [0.5, 0.6) is 0 Å². The highest BCUT2D eigenvalue weighted by molar-refractivity contribution is 5.94. The molecule has 1 aliphatic heterocycles. The van der Waals surface area contributed by atoms with Gasteiger partial charge in [0.05, 0.1) is 0 Å². The number of hydrogen-bond acceptors (Lipinski definition) is 5. The maximum atomic E-state index is 12.5. The second-order valence-corrected chi connectivity index (χ2v) is 7.69. The van der Waals surface area contributed by atoms with E-state index in [-0.39, 0.29) is 17.8 Å². The topological polar surface area (TPSA) is 71.3 Å². The molecule has 2 heterocycles. The van der Waals surface area contributed by atoms with E-state index in [1.165, 1.54) is 37.1 Å². The van der Waals surface area contributed by atoms with Crippen LogP contribution in [0, 0.1) is 11.8 Å². The number of rotatable bonds is 5. The first-order valence-corrected chi connectivity index (χ1v) is 9.34. The Kier molecular flexibility index (Phi) is 4.86. The summed E-state index contributed by atoms with van der Waals surface area (Å²) in [4.78, 5) is 18.2. The smallest absolute Gasteiger partial charge is 0.348 e. The van der Waals surface area contributed by atoms with Gasteiger partial charge >= 0.3 is 12.1 Å². The summed E-state index contributed by atoms with van der Waals surface area (Å²) in [5.74, 6) is -0.119. The van der Waals surface area contributed by atoms with Crippen LogP contribution in [0.15, 0.2) is 28.8 Å². The van der Waals surface area contributed by atoms with Gasteiger partial charge in [-0.15, -0.1) is 0 Å². The van der Waals surface area contributed by atoms with Crippen LogP contribution < -0.4 is 5.32 Å². The molecule has 2 fully saturated rings. The van der Waals surface area contributed by atoms with Crippen LogP contribution in [0.4, 0.5) is 13.2 Å². The van der Waals surface area contributed by atoms with Crippen LogP contribution >= 0.6 is 0 Å². The van der Waals surface area contributed by atoms with Crippen molar-refractivity contribution in [3.8, 4) is 11.4 Å². The summed E-state index contributed by atoms with van der Waals surface area (Å²) in [5, 5.41) is 6.32. The number of alkyl halides is 3. The van der Waals surface area contributed by atoms with E-state index >= 15 is 0 Å². The normalized spacial score (nSPS) is 23.1. The van der Waals surface area contributed by atoms with Crippen molar-refractivity contribution in [1.82, 2.24) is 20.4 Å². The molecule has 1 aromatic heterocycles. The van der Waals surface area contributed by atoms with E-state index in [9.17, 15) is 18.0 Å². The fourth-order valence-corrected chi connectivity index (χ4v) is 3.97. The van der Waals surface area contributed by atoms with Gasteiger partial charge in [-0.05, 0) is 43.7 Å². The van der Waals surface area contributed by atoms with Crippen molar-refractivity contribution in [2.75, 3.05) is 19.6 Å². The van der Waals surface area contributed by atoms with Crippen molar-refractivity contribution < 1.29 is 22.5 Å². The zero-order valence-corrected chi connectivity index (χ0v) is 15.4. The van der Waals surface area contributed by atoms with Gasteiger partial charge in [0.2, 0.25) is 5.82 Å². The van der Waals surface area contributed by atoms with Gasteiger partial charge in [0, 0.05) is 36.8 Å². The van der Waals surface area contributed by atoms with E-state index < -0.39 is 12.1 Å². The number of nitrogens with one attached hydrogen (secondary N) is 1. The van der Waals surface area contributed by atoms with Crippen LogP contribution in [0.3, 0.4) is 0 Å². The van der Waals surface area contributed by atoms with Crippen LogP contribution in [-0.2, 0) is 6.18 Å². The highest BCUT2D eigenvalue weighted by atomic mass is 19.4. The molecule has 1 saturated carbocycles. The van der Waals surface area contributed by atoms with Crippen LogP contribution in [0.25, 0.3) is 11.4 Å². The fourth-order valence-electron chi connectivity index (χ4n) is 3.97. The molecular weight excluding hydrogens is 373 g/mol. The van der Waals surface area contributed by atoms with E-state index in [0.717, 1.165) is 31.5 Å². The van der Waals surface area contributed by atoms with Crippen LogP contribution in [0.2, 0.25) is 0 Å². The average Bonchev–Trinajstić information content (AvgIpc) is 3.22. The van der Waals surface area contributed by atoms with Crippen molar-refractivity contribution >= 4 is 5.91 Å². The number of hydrogen-bond donors (Lipinski definition) is 1. The number of likely N-dealkylation sites (tertiary alicyclic amines) is 1. The largest absolute Gasteiger partial charge is 0.471 e. The first kappa shape index (κ1) is 18.9. The summed E-state index contributed by atoms with van der Waals surface area (Å²) in [5.41, 5.74) is 0.771. The van der Waals surface area contributed by atoms with Gasteiger partial charge in [0.1, 0.15) is 0 Å². The maximum Gasteiger partial charge on any atom is 0.471 e. The van der Waals surface area contributed by atoms with E-state index in [0.29, 0.717) is 11.1 Å². The molecule has 1 amide bonds. The van der Waals surface area contributed by atoms with Crippen LogP contribution in [0.1, 0.15) is 36.0 Å². The lowest BCUT2D eigenvalue weighted by Crippen LogP contribution is -2.41. The third-order valence-electron chi connectivity index (χ3n) is 5.54. The number of carbonyl (C=O) groups excluding carboxylic acids is 1. The molecule has 1 saturated heterocycles. The molecule has 2 aromatic rings. The predicted molar refractivity (Wildman–Crippen MR) is 94.3 cm³/mol. The number of carbonyl (C=O) groups is 1. The van der Waals surface area contributed by atoms with Crippen molar-refractivity contribution in [2.45, 2.75) is 32.0 Å². The quantitative estimate of drug-likeness (QED) is 0.843. The highest BCUT2D eigenvalue weighted by Crippen LogP contribution is 2.40. The number of nitrogens with zero attached hydrogens (tertiary/aromatic N) is 3. The zero-order valence-electron chi connectivity index (χ0n) is 15.4. The Balaban J connectivity index is 1.34. The molecule has 0 bridgehead atoms. The van der Waals surface area contributed by atoms with E-state index in [1.54, 1.807) is 0 Å². The SMILES string of the molecule is C[C@H](CN1CC2CCC2C1)NC(=O)c1ccc(-c2noc(C(F)(F)F)n2)cc1. The number of halogens is 3. The first-order chi connectivity index (χ1) is 13.3. The third kappa shape index (κ3) is 3.89. The molecule has 28 heavy (non-hydrogen) atoms. The average molecular weight is 394 g/mol. The van der Waals surface area contributed by atoms with Gasteiger partial charge in [-0.3, -0.25) is 4.79 Å². The molecular formula is C19H21F3N4O2. The second-order valence-electron chi connectivity index (χ2n) is 7.69. The van der Waals surface area contributed by atoms with Gasteiger partial charge in [-0.1, -0.05) is 17.3 Å². The van der Waals surface area contributed by atoms with Crippen LogP contribution in [-0.4, -0.2) is 46.6 Å². The fraction of sp³-hybridized carbons (Fsp3) is 0.526. The Labute approximate surface area is 160 Å². The lowest BCUT2D eigenvalue weighted by molar-refractivity contribution is -0.159. The minimum absolute atomic E-state index is 0.0104. The number of amides is 1. The summed E-state index contributed by atoms with van der Waals surface area (Å²) in [6, 6.07) is 6.09. The Morgan fingerprint density at radius 3 is 2.43 bits per heavy atom. The number of fused-ring (bicyclic) bond motifs is 1. The minimum Gasteiger partial charge on any atom is -0.348 e. The standard InChI is InChI=1S/C19H21F3N4O2/c1-11(8-26-9-14-6-7-15(14)10-26)23-17(27)13-4-2-12(3-5-13)16-24-18(28-25-16)19(20,21)22/h2-5,11,14-15H,6-10H2,1H3,(H,23,27)/t11-,14?,15?/m1/s1. The van der Waals surface area contributed by atoms with Crippen molar-refractivity contribution in [3.63, 3.8) is 0 Å². The molecule has 150 valence electrons. The Morgan fingerprint density at radius 1 is 1.25 bits per heavy atom. The van der Waals surface area contributed by atoms with Gasteiger partial charge in [-0.25, -0.2) is 0 Å². The monoisotopic (exact) mass is 394 g/mol. The minimum atomic E-state index is -4.68. The van der Waals surface area contributed by atoms with Crippen molar-refractivity contribution in [2.24, 2.45) is 11.8 Å². The summed E-state index contributed by atoms with van der Waals surface area (Å²) in [7, 11) is 0. The summed E-state index contributed by atoms with van der Waals surface area (Å²) in [6.45, 7) is 5.03. The Hall–Kier alpha value is -2.42. The summed E-state index contributed by atoms with van der Waals surface area (Å²) in [6.07, 6.45) is -2.05. The molecule has 1 N–H and O–H groups in total. The zero-order chi connectivity index (χ0) is 19.9. The first-order valence-electron chi connectivity index (χ1n) is 9.34. The number of benzene rings is 1. The van der Waals surface area contributed by atoms with E-state index in [4.69, 9.17) is 0 Å². The maximum absolute atomic E-state index is 12.5. The van der Waals surface area contributed by atoms with Crippen molar-refractivity contribution in [1.29, 1.82) is 0 Å². The van der Waals surface area contributed by atoms with Crippen molar-refractivity contribution in [3.05, 3.63) is 35.7 Å². The molecule has 9 heteroatoms. The van der Waals surface area contributed by atoms with Gasteiger partial charge in [0.15, 0.2) is 0 Å². The van der Waals surface area contributed by atoms with E-state index in [2.05, 4.69) is 24.9 Å². The molecule has 2 unspecified atom stereocenters. The number of aromatic nitrogens is 2. The summed E-state index contributed by atoms with van der Waals surface area (Å²) >= 11 is 0. The Bertz CT molecular complexity index is 838. The van der Waals surface area contributed by atoms with Gasteiger partial charge < -0.3 is 14.7 Å². The highest BCUT2D eigenvalue weighted by Gasteiger charge is 2.39. The molecule has 0 radical (unpaired) electrons.